The molecular formula is C20H22O3. The second kappa shape index (κ2) is 5.73. The lowest BCUT2D eigenvalue weighted by molar-refractivity contribution is 0.0693. The lowest BCUT2D eigenvalue weighted by Crippen LogP contribution is -2.16. The summed E-state index contributed by atoms with van der Waals surface area (Å²) >= 11 is 0. The van der Waals surface area contributed by atoms with Gasteiger partial charge in [-0.2, -0.15) is 0 Å². The highest BCUT2D eigenvalue weighted by atomic mass is 16.5. The van der Waals surface area contributed by atoms with Crippen LogP contribution in [0.5, 0.6) is 11.5 Å². The van der Waals surface area contributed by atoms with Crippen molar-refractivity contribution in [2.24, 2.45) is 0 Å². The van der Waals surface area contributed by atoms with Crippen LogP contribution in [0.3, 0.4) is 0 Å². The highest BCUT2D eigenvalue weighted by Crippen LogP contribution is 2.43. The van der Waals surface area contributed by atoms with Crippen molar-refractivity contribution < 1.29 is 14.6 Å². The normalized spacial score (nSPS) is 12.8. The lowest BCUT2D eigenvalue weighted by atomic mass is 9.82. The van der Waals surface area contributed by atoms with Crippen molar-refractivity contribution in [3.8, 4) is 11.5 Å². The molecule has 0 unspecified atom stereocenters. The van der Waals surface area contributed by atoms with E-state index in [0.29, 0.717) is 17.7 Å². The van der Waals surface area contributed by atoms with Crippen molar-refractivity contribution in [1.82, 2.24) is 0 Å². The lowest BCUT2D eigenvalue weighted by Gasteiger charge is -2.27. The van der Waals surface area contributed by atoms with Crippen LogP contribution in [0.25, 0.3) is 0 Å². The van der Waals surface area contributed by atoms with Crippen molar-refractivity contribution in [3.05, 3.63) is 58.1 Å². The number of aromatic carboxylic acids is 1. The molecule has 0 saturated carbocycles. The van der Waals surface area contributed by atoms with E-state index in [4.69, 9.17) is 4.74 Å². The number of rotatable bonds is 3. The molecule has 3 nitrogen and oxygen atoms in total. The van der Waals surface area contributed by atoms with Crippen LogP contribution in [0.1, 0.15) is 72.1 Å². The highest BCUT2D eigenvalue weighted by molar-refractivity contribution is 5.93. The van der Waals surface area contributed by atoms with Gasteiger partial charge in [0.15, 0.2) is 0 Å². The topological polar surface area (TPSA) is 46.5 Å². The minimum absolute atomic E-state index is 0.154. The average Bonchev–Trinajstić information content (AvgIpc) is 2.50. The number of ether oxygens (including phenoxy) is 1. The monoisotopic (exact) mass is 310 g/mol. The second-order valence-corrected chi connectivity index (χ2v) is 6.73. The molecule has 2 aromatic carbocycles. The Morgan fingerprint density at radius 3 is 2.39 bits per heavy atom. The molecule has 1 aliphatic rings. The number of hydrogen-bond acceptors (Lipinski definition) is 2. The van der Waals surface area contributed by atoms with Crippen LogP contribution in [0, 0.1) is 0 Å². The Bertz CT molecular complexity index is 773. The van der Waals surface area contributed by atoms with E-state index >= 15 is 0 Å². The van der Waals surface area contributed by atoms with E-state index in [9.17, 15) is 9.90 Å². The molecule has 3 heteroatoms. The number of fused-ring (bicyclic) bond motifs is 2. The van der Waals surface area contributed by atoms with Gasteiger partial charge < -0.3 is 9.84 Å². The Morgan fingerprint density at radius 1 is 1.09 bits per heavy atom. The van der Waals surface area contributed by atoms with Crippen LogP contribution in [0.15, 0.2) is 30.3 Å². The fourth-order valence-corrected chi connectivity index (χ4v) is 3.41. The Kier molecular flexibility index (Phi) is 3.88. The molecule has 1 N–H and O–H groups in total. The fourth-order valence-electron chi connectivity index (χ4n) is 3.41. The van der Waals surface area contributed by atoms with Gasteiger partial charge in [-0.1, -0.05) is 45.9 Å². The minimum Gasteiger partial charge on any atom is -0.478 e. The molecule has 120 valence electrons. The number of carboxylic acid groups (broad SMARTS) is 1. The third kappa shape index (κ3) is 2.61. The summed E-state index contributed by atoms with van der Waals surface area (Å²) < 4.78 is 6.03. The van der Waals surface area contributed by atoms with Crippen molar-refractivity contribution in [1.29, 1.82) is 0 Å². The van der Waals surface area contributed by atoms with Gasteiger partial charge in [0.25, 0.3) is 0 Å². The third-order valence-corrected chi connectivity index (χ3v) is 4.44. The van der Waals surface area contributed by atoms with Gasteiger partial charge in [-0.15, -0.1) is 0 Å². The van der Waals surface area contributed by atoms with E-state index in [2.05, 4.69) is 27.7 Å². The number of carbonyl (C=O) groups is 1. The van der Waals surface area contributed by atoms with Crippen LogP contribution in [0.4, 0.5) is 0 Å². The summed E-state index contributed by atoms with van der Waals surface area (Å²) in [7, 11) is 0. The summed E-state index contributed by atoms with van der Waals surface area (Å²) in [6.07, 6.45) is 0.602. The number of benzene rings is 2. The Balaban J connectivity index is 2.29. The fraction of sp³-hybridized carbons (Fsp3) is 0.350. The zero-order valence-corrected chi connectivity index (χ0v) is 14.0. The molecule has 0 aliphatic carbocycles. The van der Waals surface area contributed by atoms with Gasteiger partial charge in [0.1, 0.15) is 11.5 Å². The average molecular weight is 310 g/mol. The van der Waals surface area contributed by atoms with Crippen molar-refractivity contribution >= 4 is 5.97 Å². The Hall–Kier alpha value is -2.29. The molecule has 1 heterocycles. The molecule has 0 saturated heterocycles. The van der Waals surface area contributed by atoms with Crippen LogP contribution >= 0.6 is 0 Å². The van der Waals surface area contributed by atoms with Crippen molar-refractivity contribution in [2.75, 3.05) is 0 Å². The standard InChI is InChI=1S/C20H22O3/c1-11(2)14-10-17-15(19(20(21)22)18(14)12(3)4)9-13-7-5-6-8-16(13)23-17/h5-8,10-12H,9H2,1-4H3,(H,21,22). The molecule has 0 radical (unpaired) electrons. The van der Waals surface area contributed by atoms with Gasteiger partial charge in [0.2, 0.25) is 0 Å². The minimum atomic E-state index is -0.865. The number of carboxylic acids is 1. The molecule has 0 amide bonds. The van der Waals surface area contributed by atoms with Gasteiger partial charge in [0.05, 0.1) is 5.56 Å². The van der Waals surface area contributed by atoms with E-state index < -0.39 is 5.97 Å². The van der Waals surface area contributed by atoms with E-state index in [-0.39, 0.29) is 11.8 Å². The first-order valence-corrected chi connectivity index (χ1v) is 8.08. The van der Waals surface area contributed by atoms with Crippen molar-refractivity contribution in [2.45, 2.75) is 46.0 Å². The summed E-state index contributed by atoms with van der Waals surface area (Å²) in [5.41, 5.74) is 4.26. The van der Waals surface area contributed by atoms with Gasteiger partial charge in [0, 0.05) is 12.0 Å². The maximum Gasteiger partial charge on any atom is 0.336 e. The number of hydrogen-bond donors (Lipinski definition) is 1. The Morgan fingerprint density at radius 2 is 1.78 bits per heavy atom. The van der Waals surface area contributed by atoms with E-state index in [1.54, 1.807) is 0 Å². The van der Waals surface area contributed by atoms with E-state index in [0.717, 1.165) is 28.0 Å². The largest absolute Gasteiger partial charge is 0.478 e. The molecule has 0 aromatic heterocycles. The third-order valence-electron chi connectivity index (χ3n) is 4.44. The molecule has 2 aromatic rings. The number of para-hydroxylation sites is 1. The van der Waals surface area contributed by atoms with Gasteiger partial charge in [-0.3, -0.25) is 0 Å². The summed E-state index contributed by atoms with van der Waals surface area (Å²) in [4.78, 5) is 12.0. The first-order chi connectivity index (χ1) is 10.9. The zero-order valence-electron chi connectivity index (χ0n) is 14.0. The Labute approximate surface area is 136 Å². The molecule has 23 heavy (non-hydrogen) atoms. The SMILES string of the molecule is CC(C)c1cc2c(c(C(=O)O)c1C(C)C)Cc1ccccc1O2. The first-order valence-electron chi connectivity index (χ1n) is 8.08. The van der Waals surface area contributed by atoms with Gasteiger partial charge in [-0.05, 0) is 40.7 Å². The highest BCUT2D eigenvalue weighted by Gasteiger charge is 2.29. The molecule has 1 aliphatic heterocycles. The van der Waals surface area contributed by atoms with Crippen LogP contribution in [0.2, 0.25) is 0 Å². The molecule has 0 bridgehead atoms. The smallest absolute Gasteiger partial charge is 0.336 e. The molecular weight excluding hydrogens is 288 g/mol. The van der Waals surface area contributed by atoms with E-state index in [1.807, 2.05) is 30.3 Å². The summed E-state index contributed by atoms with van der Waals surface area (Å²) in [6.45, 7) is 8.29. The molecule has 0 spiro atoms. The predicted molar refractivity (Wildman–Crippen MR) is 90.9 cm³/mol. The van der Waals surface area contributed by atoms with Crippen LogP contribution < -0.4 is 4.74 Å². The first kappa shape index (κ1) is 15.6. The van der Waals surface area contributed by atoms with Crippen LogP contribution in [-0.2, 0) is 6.42 Å². The maximum atomic E-state index is 12.0. The summed E-state index contributed by atoms with van der Waals surface area (Å²) in [5, 5.41) is 9.87. The summed E-state index contributed by atoms with van der Waals surface area (Å²) in [6, 6.07) is 9.87. The molecule has 0 atom stereocenters. The van der Waals surface area contributed by atoms with Gasteiger partial charge >= 0.3 is 5.97 Å². The van der Waals surface area contributed by atoms with Crippen molar-refractivity contribution in [3.63, 3.8) is 0 Å². The quantitative estimate of drug-likeness (QED) is 0.711. The molecule has 3 rings (SSSR count). The maximum absolute atomic E-state index is 12.0. The van der Waals surface area contributed by atoms with E-state index in [1.165, 1.54) is 0 Å². The zero-order chi connectivity index (χ0) is 16.7. The summed E-state index contributed by atoms with van der Waals surface area (Å²) in [5.74, 6) is 1.05. The molecule has 0 fully saturated rings. The van der Waals surface area contributed by atoms with Gasteiger partial charge in [-0.25, -0.2) is 4.79 Å². The second-order valence-electron chi connectivity index (χ2n) is 6.73. The predicted octanol–water partition coefficient (Wildman–Crippen LogP) is 5.33. The van der Waals surface area contributed by atoms with Crippen LogP contribution in [-0.4, -0.2) is 11.1 Å².